The van der Waals surface area contributed by atoms with Crippen LogP contribution in [0.25, 0.3) is 10.8 Å². The number of hydrogen-bond donors (Lipinski definition) is 0. The summed E-state index contributed by atoms with van der Waals surface area (Å²) in [6.07, 6.45) is 0. The highest BCUT2D eigenvalue weighted by Crippen LogP contribution is 2.43. The second-order valence-electron chi connectivity index (χ2n) is 5.06. The number of carbonyl (C=O) groups is 2. The first-order chi connectivity index (χ1) is 11.5. The lowest BCUT2D eigenvalue weighted by Gasteiger charge is -2.13. The van der Waals surface area contributed by atoms with Crippen molar-refractivity contribution < 1.29 is 39.9 Å². The molecule has 0 unspecified atom stereocenters. The summed E-state index contributed by atoms with van der Waals surface area (Å²) in [7, 11) is -5.02. The van der Waals surface area contributed by atoms with E-state index in [1.54, 1.807) is 6.07 Å². The number of benzene rings is 2. The fourth-order valence-electron chi connectivity index (χ4n) is 2.24. The topological polar surface area (TPSA) is 80.8 Å². The van der Waals surface area contributed by atoms with Gasteiger partial charge in [0.2, 0.25) is 0 Å². The van der Waals surface area contributed by atoms with Gasteiger partial charge in [-0.1, -0.05) is 36.4 Å². The molecule has 1 heterocycles. The molecule has 1 fully saturated rings. The number of alkyl halides is 4. The summed E-state index contributed by atoms with van der Waals surface area (Å²) < 4.78 is 81.4. The highest BCUT2D eigenvalue weighted by Gasteiger charge is 2.77. The lowest BCUT2D eigenvalue weighted by molar-refractivity contribution is -0.192. The molecule has 0 atom stereocenters. The van der Waals surface area contributed by atoms with Crippen LogP contribution in [0.3, 0.4) is 0 Å². The molecule has 0 aliphatic carbocycles. The number of halogens is 4. The summed E-state index contributed by atoms with van der Waals surface area (Å²) in [5.41, 5.74) is 0. The van der Waals surface area contributed by atoms with Crippen LogP contribution in [0.5, 0.6) is 0 Å². The summed E-state index contributed by atoms with van der Waals surface area (Å²) >= 11 is 0. The number of carbonyl (C=O) groups excluding carboxylic acids is 2. The lowest BCUT2D eigenvalue weighted by Crippen LogP contribution is -2.43. The zero-order valence-electron chi connectivity index (χ0n) is 12.0. The normalized spacial score (nSPS) is 19.6. The van der Waals surface area contributed by atoms with E-state index < -0.39 is 43.7 Å². The zero-order valence-corrected chi connectivity index (χ0v) is 12.8. The Labute approximate surface area is 137 Å². The van der Waals surface area contributed by atoms with Crippen LogP contribution in [-0.2, 0) is 24.0 Å². The van der Waals surface area contributed by atoms with Crippen molar-refractivity contribution >= 4 is 32.7 Å². The van der Waals surface area contributed by atoms with Gasteiger partial charge in [-0.05, 0) is 11.5 Å². The van der Waals surface area contributed by atoms with Crippen LogP contribution in [0.4, 0.5) is 17.6 Å². The number of fused-ring (bicyclic) bond motifs is 1. The molecule has 3 rings (SSSR count). The maximum atomic E-state index is 13.2. The monoisotopic (exact) mass is 377 g/mol. The molecule has 1 aliphatic rings. The fraction of sp³-hybridized carbons (Fsp3) is 0.143. The summed E-state index contributed by atoms with van der Waals surface area (Å²) in [4.78, 5) is 22.0. The van der Waals surface area contributed by atoms with E-state index in [0.29, 0.717) is 5.39 Å². The largest absolute Gasteiger partial charge is 0.398 e. The Hall–Kier alpha value is -2.53. The van der Waals surface area contributed by atoms with E-state index in [2.05, 4.69) is 4.28 Å². The van der Waals surface area contributed by atoms with E-state index in [4.69, 9.17) is 0 Å². The first kappa shape index (κ1) is 17.3. The van der Waals surface area contributed by atoms with Crippen LogP contribution in [0, 0.1) is 0 Å². The van der Waals surface area contributed by atoms with E-state index >= 15 is 0 Å². The first-order valence-corrected chi connectivity index (χ1v) is 7.98. The molecule has 0 radical (unpaired) electrons. The molecule has 1 saturated heterocycles. The van der Waals surface area contributed by atoms with Gasteiger partial charge in [-0.2, -0.15) is 26.0 Å². The second kappa shape index (κ2) is 5.23. The first-order valence-electron chi connectivity index (χ1n) is 6.57. The number of nitrogens with zero attached hydrogens (tertiary/aromatic N) is 1. The molecule has 0 bridgehead atoms. The Kier molecular flexibility index (Phi) is 3.62. The van der Waals surface area contributed by atoms with Crippen molar-refractivity contribution in [3.8, 4) is 0 Å². The van der Waals surface area contributed by atoms with Gasteiger partial charge in [0.25, 0.3) is 0 Å². The highest BCUT2D eigenvalue weighted by molar-refractivity contribution is 7.87. The van der Waals surface area contributed by atoms with Crippen molar-refractivity contribution in [2.24, 2.45) is 0 Å². The number of amides is 2. The Morgan fingerprint density at radius 3 is 1.96 bits per heavy atom. The van der Waals surface area contributed by atoms with Crippen molar-refractivity contribution in [1.29, 1.82) is 0 Å². The van der Waals surface area contributed by atoms with E-state index in [0.717, 1.165) is 6.07 Å². The van der Waals surface area contributed by atoms with Crippen molar-refractivity contribution in [2.75, 3.05) is 0 Å². The van der Waals surface area contributed by atoms with E-state index in [1.165, 1.54) is 30.3 Å². The van der Waals surface area contributed by atoms with Crippen molar-refractivity contribution in [1.82, 2.24) is 5.06 Å². The fourth-order valence-corrected chi connectivity index (χ4v) is 3.35. The zero-order chi connectivity index (χ0) is 18.6. The van der Waals surface area contributed by atoms with Gasteiger partial charge in [-0.3, -0.25) is 9.59 Å². The molecule has 0 aromatic heterocycles. The third kappa shape index (κ3) is 2.38. The summed E-state index contributed by atoms with van der Waals surface area (Å²) in [6, 6.07) is 9.77. The molecule has 0 N–H and O–H groups in total. The Balaban J connectivity index is 2.06. The minimum atomic E-state index is -5.40. The average molecular weight is 377 g/mol. The third-order valence-electron chi connectivity index (χ3n) is 3.49. The minimum Gasteiger partial charge on any atom is -0.265 e. The summed E-state index contributed by atoms with van der Waals surface area (Å²) in [6.45, 7) is 0. The molecule has 1 aliphatic heterocycles. The Bertz CT molecular complexity index is 974. The maximum absolute atomic E-state index is 13.2. The maximum Gasteiger partial charge on any atom is 0.398 e. The SMILES string of the molecule is O=C1N(OS(=O)(=O)c2cccc3ccccc23)C(=O)C(F)(F)C1(F)F. The van der Waals surface area contributed by atoms with Crippen LogP contribution in [-0.4, -0.2) is 37.1 Å². The summed E-state index contributed by atoms with van der Waals surface area (Å²) in [5.74, 6) is -16.3. The predicted molar refractivity (Wildman–Crippen MR) is 74.0 cm³/mol. The van der Waals surface area contributed by atoms with E-state index in [9.17, 15) is 35.6 Å². The molecule has 6 nitrogen and oxygen atoms in total. The molecule has 0 saturated carbocycles. The van der Waals surface area contributed by atoms with Crippen LogP contribution in [0.15, 0.2) is 47.4 Å². The molecule has 2 aromatic rings. The molecular weight excluding hydrogens is 370 g/mol. The Morgan fingerprint density at radius 2 is 1.36 bits per heavy atom. The van der Waals surface area contributed by atoms with Gasteiger partial charge >= 0.3 is 33.8 Å². The van der Waals surface area contributed by atoms with Gasteiger partial charge in [0.1, 0.15) is 4.90 Å². The molecule has 132 valence electrons. The number of imide groups is 1. The molecular formula is C14H7F4NO5S. The van der Waals surface area contributed by atoms with Crippen molar-refractivity contribution in [2.45, 2.75) is 16.7 Å². The third-order valence-corrected chi connectivity index (χ3v) is 4.73. The lowest BCUT2D eigenvalue weighted by atomic mass is 10.1. The smallest absolute Gasteiger partial charge is 0.265 e. The van der Waals surface area contributed by atoms with Crippen molar-refractivity contribution in [3.63, 3.8) is 0 Å². The van der Waals surface area contributed by atoms with Gasteiger partial charge in [-0.25, -0.2) is 0 Å². The molecule has 2 amide bonds. The highest BCUT2D eigenvalue weighted by atomic mass is 32.2. The van der Waals surface area contributed by atoms with Gasteiger partial charge in [0, 0.05) is 5.39 Å². The number of rotatable bonds is 3. The predicted octanol–water partition coefficient (Wildman–Crippen LogP) is 2.10. The van der Waals surface area contributed by atoms with Gasteiger partial charge in [0.05, 0.1) is 0 Å². The van der Waals surface area contributed by atoms with Crippen LogP contribution in [0.2, 0.25) is 0 Å². The average Bonchev–Trinajstić information content (AvgIpc) is 2.67. The van der Waals surface area contributed by atoms with E-state index in [-0.39, 0.29) is 5.39 Å². The minimum absolute atomic E-state index is 0.0858. The molecule has 2 aromatic carbocycles. The quantitative estimate of drug-likeness (QED) is 0.605. The Morgan fingerprint density at radius 1 is 0.840 bits per heavy atom. The van der Waals surface area contributed by atoms with Gasteiger partial charge < -0.3 is 0 Å². The second-order valence-corrected chi connectivity index (χ2v) is 6.56. The standard InChI is InChI=1S/C14H7F4NO5S/c15-13(16)11(20)19(12(21)14(13,17)18)24-25(22,23)10-7-3-5-8-4-1-2-6-9(8)10/h1-7H. The molecule has 25 heavy (non-hydrogen) atoms. The molecule has 0 spiro atoms. The number of hydroxylamine groups is 2. The van der Waals surface area contributed by atoms with Gasteiger partial charge in [-0.15, -0.1) is 9.35 Å². The van der Waals surface area contributed by atoms with Gasteiger partial charge in [0.15, 0.2) is 0 Å². The summed E-state index contributed by atoms with van der Waals surface area (Å²) in [5, 5.41) is -0.610. The van der Waals surface area contributed by atoms with Crippen LogP contribution in [0.1, 0.15) is 0 Å². The van der Waals surface area contributed by atoms with Crippen molar-refractivity contribution in [3.05, 3.63) is 42.5 Å². The molecule has 11 heteroatoms. The van der Waals surface area contributed by atoms with E-state index in [1.807, 2.05) is 0 Å². The van der Waals surface area contributed by atoms with Crippen LogP contribution < -0.4 is 0 Å². The number of hydrogen-bond acceptors (Lipinski definition) is 5. The van der Waals surface area contributed by atoms with Crippen LogP contribution >= 0.6 is 0 Å².